The topological polar surface area (TPSA) is 54.3 Å². The van der Waals surface area contributed by atoms with Crippen molar-refractivity contribution in [1.82, 2.24) is 4.90 Å². The second-order valence-electron chi connectivity index (χ2n) is 6.26. The van der Waals surface area contributed by atoms with Gasteiger partial charge in [0.25, 0.3) is 0 Å². The van der Waals surface area contributed by atoms with Gasteiger partial charge in [0, 0.05) is 20.0 Å². The van der Waals surface area contributed by atoms with Crippen molar-refractivity contribution < 1.29 is 14.6 Å². The van der Waals surface area contributed by atoms with Crippen LogP contribution in [0.2, 0.25) is 0 Å². The molecular formula is C17H24N2O3S. The van der Waals surface area contributed by atoms with E-state index >= 15 is 0 Å². The molecule has 0 amide bonds. The van der Waals surface area contributed by atoms with Crippen LogP contribution in [-0.4, -0.2) is 59.6 Å². The number of aliphatic hydroxyl groups is 1. The van der Waals surface area contributed by atoms with Crippen molar-refractivity contribution in [2.24, 2.45) is 10.9 Å². The smallest absolute Gasteiger partial charge is 0.161 e. The van der Waals surface area contributed by atoms with Crippen molar-refractivity contribution in [3.05, 3.63) is 35.9 Å². The Kier molecular flexibility index (Phi) is 5.26. The van der Waals surface area contributed by atoms with Crippen LogP contribution in [0, 0.1) is 5.92 Å². The number of benzene rings is 1. The maximum absolute atomic E-state index is 9.62. The Morgan fingerprint density at radius 1 is 1.30 bits per heavy atom. The lowest BCUT2D eigenvalue weighted by Gasteiger charge is -2.41. The first-order chi connectivity index (χ1) is 11.1. The lowest BCUT2D eigenvalue weighted by molar-refractivity contribution is -0.148. The molecule has 3 rings (SSSR count). The van der Waals surface area contributed by atoms with Gasteiger partial charge in [-0.15, -0.1) is 0 Å². The van der Waals surface area contributed by atoms with E-state index in [9.17, 15) is 5.11 Å². The maximum Gasteiger partial charge on any atom is 0.161 e. The minimum absolute atomic E-state index is 0.00738. The largest absolute Gasteiger partial charge is 0.394 e. The summed E-state index contributed by atoms with van der Waals surface area (Å²) in [6.07, 6.45) is -0.266. The van der Waals surface area contributed by atoms with Crippen LogP contribution in [-0.2, 0) is 16.1 Å². The molecule has 1 saturated heterocycles. The summed E-state index contributed by atoms with van der Waals surface area (Å²) < 4.78 is 12.3. The van der Waals surface area contributed by atoms with Crippen molar-refractivity contribution in [3.63, 3.8) is 0 Å². The Morgan fingerprint density at radius 3 is 2.70 bits per heavy atom. The molecule has 5 nitrogen and oxygen atoms in total. The fourth-order valence-corrected chi connectivity index (χ4v) is 4.15. The number of ether oxygens (including phenoxy) is 2. The molecule has 1 aromatic rings. The molecule has 0 saturated carbocycles. The zero-order valence-corrected chi connectivity index (χ0v) is 14.6. The van der Waals surface area contributed by atoms with Crippen LogP contribution in [0.3, 0.4) is 0 Å². The average molecular weight is 336 g/mol. The van der Waals surface area contributed by atoms with Crippen LogP contribution in [0.5, 0.6) is 0 Å². The lowest BCUT2D eigenvalue weighted by atomic mass is 9.90. The number of thioether (sulfide) groups is 1. The van der Waals surface area contributed by atoms with Gasteiger partial charge < -0.3 is 19.5 Å². The molecule has 1 aromatic carbocycles. The third-order valence-corrected chi connectivity index (χ3v) is 5.66. The number of rotatable bonds is 4. The molecule has 0 aromatic heterocycles. The van der Waals surface area contributed by atoms with E-state index in [0.717, 1.165) is 10.7 Å². The van der Waals surface area contributed by atoms with Gasteiger partial charge in [-0.2, -0.15) is 0 Å². The summed E-state index contributed by atoms with van der Waals surface area (Å²) in [7, 11) is 3.96. The molecule has 5 atom stereocenters. The van der Waals surface area contributed by atoms with Crippen molar-refractivity contribution in [2.75, 3.05) is 20.7 Å². The highest BCUT2D eigenvalue weighted by Gasteiger charge is 2.48. The number of aliphatic imine (C=N–C) groups is 1. The van der Waals surface area contributed by atoms with E-state index in [-0.39, 0.29) is 36.2 Å². The van der Waals surface area contributed by atoms with E-state index in [1.54, 1.807) is 11.8 Å². The first-order valence-corrected chi connectivity index (χ1v) is 8.81. The van der Waals surface area contributed by atoms with Crippen molar-refractivity contribution in [3.8, 4) is 0 Å². The van der Waals surface area contributed by atoms with Crippen molar-refractivity contribution >= 4 is 16.9 Å². The number of aliphatic hydroxyl groups excluding tert-OH is 1. The SMILES string of the molecule is C[C@H]1[C@H](OCc2ccccc2)[C@H]2N=C(N(C)C)S[C@H]2O[C@@H]1CO. The number of hydrogen-bond acceptors (Lipinski definition) is 6. The molecule has 23 heavy (non-hydrogen) atoms. The quantitative estimate of drug-likeness (QED) is 0.911. The minimum atomic E-state index is -0.207. The molecule has 0 unspecified atom stereocenters. The van der Waals surface area contributed by atoms with Gasteiger partial charge in [0.2, 0.25) is 0 Å². The fourth-order valence-electron chi connectivity index (χ4n) is 3.00. The zero-order chi connectivity index (χ0) is 16.4. The van der Waals surface area contributed by atoms with Crippen LogP contribution >= 0.6 is 11.8 Å². The number of hydrogen-bond donors (Lipinski definition) is 1. The molecule has 1 fully saturated rings. The minimum Gasteiger partial charge on any atom is -0.394 e. The van der Waals surface area contributed by atoms with Crippen molar-refractivity contribution in [2.45, 2.75) is 37.2 Å². The zero-order valence-electron chi connectivity index (χ0n) is 13.8. The first kappa shape index (κ1) is 16.8. The molecule has 0 aliphatic carbocycles. The summed E-state index contributed by atoms with van der Waals surface area (Å²) in [6, 6.07) is 10.1. The molecular weight excluding hydrogens is 312 g/mol. The normalized spacial score (nSPS) is 33.2. The van der Waals surface area contributed by atoms with Gasteiger partial charge in [0.05, 0.1) is 25.4 Å². The molecule has 6 heteroatoms. The standard InChI is InChI=1S/C17H24N2O3S/c1-11-13(9-20)22-16-14(18-17(23-16)19(2)3)15(11)21-10-12-7-5-4-6-8-12/h4-8,11,13-16,20H,9-10H2,1-3H3/t11-,13-,14-,15+,16-/m1/s1. The Bertz CT molecular complexity index is 552. The van der Waals surface area contributed by atoms with Crippen molar-refractivity contribution in [1.29, 1.82) is 0 Å². The summed E-state index contributed by atoms with van der Waals surface area (Å²) in [6.45, 7) is 2.63. The number of amidine groups is 1. The molecule has 0 spiro atoms. The van der Waals surface area contributed by atoms with E-state index in [1.807, 2.05) is 37.2 Å². The van der Waals surface area contributed by atoms with Gasteiger partial charge in [0.1, 0.15) is 11.5 Å². The Balaban J connectivity index is 1.76. The highest BCUT2D eigenvalue weighted by molar-refractivity contribution is 8.14. The summed E-state index contributed by atoms with van der Waals surface area (Å²) in [4.78, 5) is 6.80. The average Bonchev–Trinajstić information content (AvgIpc) is 2.98. The van der Waals surface area contributed by atoms with Crippen LogP contribution in [0.4, 0.5) is 0 Å². The van der Waals surface area contributed by atoms with Gasteiger partial charge in [-0.25, -0.2) is 0 Å². The third kappa shape index (κ3) is 3.55. The molecule has 2 aliphatic heterocycles. The van der Waals surface area contributed by atoms with Crippen LogP contribution < -0.4 is 0 Å². The predicted octanol–water partition coefficient (Wildman–Crippen LogP) is 1.96. The van der Waals surface area contributed by atoms with Gasteiger partial charge in [0.15, 0.2) is 5.17 Å². The Hall–Kier alpha value is -1.08. The van der Waals surface area contributed by atoms with Gasteiger partial charge in [-0.3, -0.25) is 4.99 Å². The molecule has 2 aliphatic rings. The van der Waals surface area contributed by atoms with Crippen LogP contribution in [0.15, 0.2) is 35.3 Å². The van der Waals surface area contributed by atoms with E-state index < -0.39 is 0 Å². The highest BCUT2D eigenvalue weighted by atomic mass is 32.2. The van der Waals surface area contributed by atoms with Crippen LogP contribution in [0.25, 0.3) is 0 Å². The Morgan fingerprint density at radius 2 is 2.04 bits per heavy atom. The number of fused-ring (bicyclic) bond motifs is 1. The lowest BCUT2D eigenvalue weighted by Crippen LogP contribution is -2.52. The summed E-state index contributed by atoms with van der Waals surface area (Å²) >= 11 is 1.61. The molecule has 0 radical (unpaired) electrons. The second-order valence-corrected chi connectivity index (χ2v) is 7.33. The van der Waals surface area contributed by atoms with Gasteiger partial charge in [-0.1, -0.05) is 49.0 Å². The first-order valence-electron chi connectivity index (χ1n) is 7.93. The summed E-state index contributed by atoms with van der Waals surface area (Å²) in [5.41, 5.74) is 1.06. The Labute approximate surface area is 141 Å². The van der Waals surface area contributed by atoms with Gasteiger partial charge >= 0.3 is 0 Å². The van der Waals surface area contributed by atoms with Gasteiger partial charge in [-0.05, 0) is 5.56 Å². The highest BCUT2D eigenvalue weighted by Crippen LogP contribution is 2.40. The van der Waals surface area contributed by atoms with E-state index in [2.05, 4.69) is 19.1 Å². The summed E-state index contributed by atoms with van der Waals surface area (Å²) in [5, 5.41) is 10.6. The third-order valence-electron chi connectivity index (χ3n) is 4.36. The van der Waals surface area contributed by atoms with E-state index in [0.29, 0.717) is 6.61 Å². The monoisotopic (exact) mass is 336 g/mol. The van der Waals surface area contributed by atoms with Crippen LogP contribution in [0.1, 0.15) is 12.5 Å². The fraction of sp³-hybridized carbons (Fsp3) is 0.588. The van der Waals surface area contributed by atoms with E-state index in [4.69, 9.17) is 14.5 Å². The molecule has 1 N–H and O–H groups in total. The second kappa shape index (κ2) is 7.21. The number of nitrogens with zero attached hydrogens (tertiary/aromatic N) is 2. The molecule has 2 heterocycles. The maximum atomic E-state index is 9.62. The van der Waals surface area contributed by atoms with E-state index in [1.165, 1.54) is 0 Å². The molecule has 126 valence electrons. The predicted molar refractivity (Wildman–Crippen MR) is 92.4 cm³/mol. The molecule has 0 bridgehead atoms. The summed E-state index contributed by atoms with van der Waals surface area (Å²) in [5.74, 6) is 0.0934.